The maximum absolute atomic E-state index is 12.3. The van der Waals surface area contributed by atoms with Crippen LogP contribution in [0.15, 0.2) is 22.8 Å². The Bertz CT molecular complexity index is 344. The van der Waals surface area contributed by atoms with Crippen LogP contribution in [0.3, 0.4) is 0 Å². The minimum absolute atomic E-state index is 0.501. The average molecular weight is 248 g/mol. The molecule has 0 saturated heterocycles. The van der Waals surface area contributed by atoms with Crippen LogP contribution in [0.2, 0.25) is 0 Å². The maximum Gasteiger partial charge on any atom is 0.355 e. The molecule has 1 unspecified atom stereocenters. The monoisotopic (exact) mass is 248 g/mol. The minimum Gasteiger partial charge on any atom is -0.467 e. The molecule has 0 bridgehead atoms. The summed E-state index contributed by atoms with van der Waals surface area (Å²) in [6.07, 6.45) is 1.51. The SMILES string of the molecule is COP(=O)(OC)C(NN(C)C)c1ccco1. The quantitative estimate of drug-likeness (QED) is 0.612. The van der Waals surface area contributed by atoms with Crippen molar-refractivity contribution in [3.63, 3.8) is 0 Å². The Morgan fingerprint density at radius 2 is 2.06 bits per heavy atom. The van der Waals surface area contributed by atoms with Gasteiger partial charge in [0.15, 0.2) is 5.78 Å². The van der Waals surface area contributed by atoms with Gasteiger partial charge in [-0.25, -0.2) is 10.4 Å². The van der Waals surface area contributed by atoms with Gasteiger partial charge < -0.3 is 13.5 Å². The summed E-state index contributed by atoms with van der Waals surface area (Å²) in [5.74, 6) is -0.159. The van der Waals surface area contributed by atoms with E-state index in [0.29, 0.717) is 5.76 Å². The summed E-state index contributed by atoms with van der Waals surface area (Å²) >= 11 is 0. The zero-order chi connectivity index (χ0) is 12.2. The van der Waals surface area contributed by atoms with E-state index in [9.17, 15) is 4.57 Å². The molecule has 7 heteroatoms. The zero-order valence-electron chi connectivity index (χ0n) is 9.84. The van der Waals surface area contributed by atoms with Gasteiger partial charge in [-0.15, -0.1) is 0 Å². The molecule has 0 saturated carbocycles. The number of hydrogen-bond donors (Lipinski definition) is 1. The first-order valence-electron chi connectivity index (χ1n) is 4.71. The molecular formula is C9H17N2O4P. The van der Waals surface area contributed by atoms with Gasteiger partial charge in [0, 0.05) is 28.3 Å². The minimum atomic E-state index is -3.28. The second-order valence-electron chi connectivity index (χ2n) is 3.35. The molecule has 0 aromatic carbocycles. The normalized spacial score (nSPS) is 14.3. The number of nitrogens with one attached hydrogen (secondary N) is 1. The molecule has 0 radical (unpaired) electrons. The lowest BCUT2D eigenvalue weighted by Crippen LogP contribution is -2.34. The predicted molar refractivity (Wildman–Crippen MR) is 59.9 cm³/mol. The first-order chi connectivity index (χ1) is 7.53. The van der Waals surface area contributed by atoms with E-state index in [4.69, 9.17) is 13.5 Å². The highest BCUT2D eigenvalue weighted by molar-refractivity contribution is 7.54. The fourth-order valence-corrected chi connectivity index (χ4v) is 2.67. The van der Waals surface area contributed by atoms with Gasteiger partial charge >= 0.3 is 7.60 Å². The number of furan rings is 1. The van der Waals surface area contributed by atoms with Gasteiger partial charge in [-0.05, 0) is 12.1 Å². The molecule has 0 aliphatic carbocycles. The molecule has 1 N–H and O–H groups in total. The van der Waals surface area contributed by atoms with Crippen molar-refractivity contribution < 1.29 is 18.0 Å². The summed E-state index contributed by atoms with van der Waals surface area (Å²) in [5, 5.41) is 1.66. The molecule has 16 heavy (non-hydrogen) atoms. The Hall–Kier alpha value is -0.650. The standard InChI is InChI=1S/C9H17N2O4P/c1-11(2)10-9(8-6-5-7-15-8)16(12,13-3)14-4/h5-7,9-10H,1-4H3. The molecule has 1 rings (SSSR count). The molecule has 1 aromatic heterocycles. The summed E-state index contributed by atoms with van der Waals surface area (Å²) < 4.78 is 27.4. The second kappa shape index (κ2) is 5.61. The van der Waals surface area contributed by atoms with Crippen LogP contribution in [-0.2, 0) is 13.6 Å². The number of rotatable bonds is 6. The Kier molecular flexibility index (Phi) is 4.70. The highest BCUT2D eigenvalue weighted by Crippen LogP contribution is 2.58. The van der Waals surface area contributed by atoms with Crippen LogP contribution in [0.5, 0.6) is 0 Å². The van der Waals surface area contributed by atoms with Crippen LogP contribution in [0, 0.1) is 0 Å². The molecular weight excluding hydrogens is 231 g/mol. The highest BCUT2D eigenvalue weighted by Gasteiger charge is 2.37. The molecule has 0 aliphatic heterocycles. The second-order valence-corrected chi connectivity index (χ2v) is 5.67. The lowest BCUT2D eigenvalue weighted by Gasteiger charge is -2.26. The van der Waals surface area contributed by atoms with E-state index in [-0.39, 0.29) is 0 Å². The van der Waals surface area contributed by atoms with E-state index in [0.717, 1.165) is 0 Å². The third-order valence-electron chi connectivity index (χ3n) is 2.02. The fourth-order valence-electron chi connectivity index (χ4n) is 1.27. The molecule has 1 aromatic rings. The van der Waals surface area contributed by atoms with Gasteiger partial charge in [0.25, 0.3) is 0 Å². The van der Waals surface area contributed by atoms with E-state index >= 15 is 0 Å². The molecule has 0 amide bonds. The van der Waals surface area contributed by atoms with Crippen LogP contribution < -0.4 is 5.43 Å². The topological polar surface area (TPSA) is 63.9 Å². The van der Waals surface area contributed by atoms with Gasteiger partial charge in [-0.2, -0.15) is 0 Å². The van der Waals surface area contributed by atoms with Crippen molar-refractivity contribution in [2.45, 2.75) is 5.78 Å². The smallest absolute Gasteiger partial charge is 0.355 e. The number of hydrazine groups is 1. The van der Waals surface area contributed by atoms with Crippen molar-refractivity contribution in [1.29, 1.82) is 0 Å². The van der Waals surface area contributed by atoms with Gasteiger partial charge in [0.2, 0.25) is 0 Å². The summed E-state index contributed by atoms with van der Waals surface area (Å²) in [4.78, 5) is 0. The molecule has 0 fully saturated rings. The highest BCUT2D eigenvalue weighted by atomic mass is 31.2. The lowest BCUT2D eigenvalue weighted by atomic mass is 10.4. The predicted octanol–water partition coefficient (Wildman–Crippen LogP) is 1.83. The van der Waals surface area contributed by atoms with Crippen LogP contribution in [0.1, 0.15) is 11.5 Å². The largest absolute Gasteiger partial charge is 0.467 e. The zero-order valence-corrected chi connectivity index (χ0v) is 10.7. The Balaban J connectivity index is 3.00. The molecule has 1 heterocycles. The van der Waals surface area contributed by atoms with Gasteiger partial charge in [0.05, 0.1) is 6.26 Å². The maximum atomic E-state index is 12.3. The molecule has 6 nitrogen and oxygen atoms in total. The van der Waals surface area contributed by atoms with E-state index in [1.165, 1.54) is 20.5 Å². The summed E-state index contributed by atoms with van der Waals surface area (Å²) in [7, 11) is 2.98. The van der Waals surface area contributed by atoms with Crippen LogP contribution in [0.4, 0.5) is 0 Å². The van der Waals surface area contributed by atoms with Gasteiger partial charge in [0.1, 0.15) is 5.76 Å². The lowest BCUT2D eigenvalue weighted by molar-refractivity contribution is 0.206. The Labute approximate surface area is 95.0 Å². The Morgan fingerprint density at radius 1 is 1.44 bits per heavy atom. The van der Waals surface area contributed by atoms with Crippen molar-refractivity contribution in [3.05, 3.63) is 24.2 Å². The third kappa shape index (κ3) is 2.93. The summed E-state index contributed by atoms with van der Waals surface area (Å²) in [6.45, 7) is 0. The van der Waals surface area contributed by atoms with E-state index in [1.54, 1.807) is 31.2 Å². The summed E-state index contributed by atoms with van der Waals surface area (Å²) in [6, 6.07) is 3.43. The van der Waals surface area contributed by atoms with Crippen molar-refractivity contribution in [2.24, 2.45) is 0 Å². The van der Waals surface area contributed by atoms with Gasteiger partial charge in [-0.3, -0.25) is 4.57 Å². The number of nitrogens with zero attached hydrogens (tertiary/aromatic N) is 1. The number of hydrogen-bond acceptors (Lipinski definition) is 6. The van der Waals surface area contributed by atoms with E-state index in [2.05, 4.69) is 5.43 Å². The van der Waals surface area contributed by atoms with E-state index in [1.807, 2.05) is 0 Å². The molecule has 0 aliphatic rings. The first-order valence-corrected chi connectivity index (χ1v) is 6.32. The van der Waals surface area contributed by atoms with E-state index < -0.39 is 13.4 Å². The average Bonchev–Trinajstić information content (AvgIpc) is 2.78. The van der Waals surface area contributed by atoms with Crippen LogP contribution >= 0.6 is 7.60 Å². The van der Waals surface area contributed by atoms with Gasteiger partial charge in [-0.1, -0.05) is 0 Å². The van der Waals surface area contributed by atoms with Crippen molar-refractivity contribution in [3.8, 4) is 0 Å². The molecule has 1 atom stereocenters. The third-order valence-corrected chi connectivity index (χ3v) is 4.04. The van der Waals surface area contributed by atoms with Crippen molar-refractivity contribution in [1.82, 2.24) is 10.4 Å². The van der Waals surface area contributed by atoms with Crippen LogP contribution in [0.25, 0.3) is 0 Å². The van der Waals surface area contributed by atoms with Crippen molar-refractivity contribution in [2.75, 3.05) is 28.3 Å². The summed E-state index contributed by atoms with van der Waals surface area (Å²) in [5.41, 5.74) is 2.95. The molecule has 92 valence electrons. The fraction of sp³-hybridized carbons (Fsp3) is 0.556. The molecule has 0 spiro atoms. The Morgan fingerprint density at radius 3 is 2.44 bits per heavy atom. The van der Waals surface area contributed by atoms with Crippen molar-refractivity contribution >= 4 is 7.60 Å². The first kappa shape index (κ1) is 13.4. The van der Waals surface area contributed by atoms with Crippen LogP contribution in [-0.4, -0.2) is 33.3 Å².